The van der Waals surface area contributed by atoms with Crippen molar-refractivity contribution in [2.24, 2.45) is 0 Å². The largest absolute Gasteiger partial charge is 0.323 e. The van der Waals surface area contributed by atoms with Crippen molar-refractivity contribution in [3.05, 3.63) is 133 Å². The number of rotatable bonds is 6. The Morgan fingerprint density at radius 3 is 2.00 bits per heavy atom. The molecule has 0 unspecified atom stereocenters. The molecule has 0 aliphatic heterocycles. The Balaban J connectivity index is 0. The number of hydrogen-bond acceptors (Lipinski definition) is 2. The van der Waals surface area contributed by atoms with Gasteiger partial charge in [-0.1, -0.05) is 131 Å². The van der Waals surface area contributed by atoms with E-state index in [-0.39, 0.29) is 0 Å². The van der Waals surface area contributed by atoms with Crippen LogP contribution in [0.15, 0.2) is 122 Å². The van der Waals surface area contributed by atoms with Gasteiger partial charge in [0, 0.05) is 4.88 Å². The van der Waals surface area contributed by atoms with E-state index in [1.54, 1.807) is 11.3 Å². The van der Waals surface area contributed by atoms with Crippen molar-refractivity contribution >= 4 is 23.0 Å². The van der Waals surface area contributed by atoms with Crippen molar-refractivity contribution < 1.29 is 0 Å². The van der Waals surface area contributed by atoms with Crippen LogP contribution in [0.2, 0.25) is 0 Å². The second-order valence-electron chi connectivity index (χ2n) is 7.22. The molecule has 1 nitrogen and oxygen atoms in total. The zero-order valence-corrected chi connectivity index (χ0v) is 24.2. The SMILES string of the molecule is C=C/C=C(\C=C/C)c1ccc(-c2csc(C=C)c2)cc1.C=C1C=CC=CC1.C=CCC.CC.CNC. The van der Waals surface area contributed by atoms with Crippen LogP contribution in [0.1, 0.15) is 51.0 Å². The molecule has 0 fully saturated rings. The van der Waals surface area contributed by atoms with Crippen molar-refractivity contribution in [2.75, 3.05) is 14.1 Å². The van der Waals surface area contributed by atoms with Crippen LogP contribution in [0, 0.1) is 0 Å². The van der Waals surface area contributed by atoms with E-state index in [1.165, 1.54) is 32.7 Å². The highest BCUT2D eigenvalue weighted by Gasteiger charge is 2.02. The summed E-state index contributed by atoms with van der Waals surface area (Å²) in [6, 6.07) is 10.8. The van der Waals surface area contributed by atoms with Gasteiger partial charge in [0.2, 0.25) is 0 Å². The summed E-state index contributed by atoms with van der Waals surface area (Å²) in [5, 5.41) is 4.92. The molecule has 0 radical (unpaired) electrons. The molecule has 0 bridgehead atoms. The molecule has 1 N–H and O–H groups in total. The fourth-order valence-corrected chi connectivity index (χ4v) is 3.34. The summed E-state index contributed by atoms with van der Waals surface area (Å²) in [5.74, 6) is 0. The molecule has 0 atom stereocenters. The lowest BCUT2D eigenvalue weighted by Crippen LogP contribution is -1.89. The first-order valence-electron chi connectivity index (χ1n) is 12.5. The third-order valence-corrected chi connectivity index (χ3v) is 5.19. The first kappa shape index (κ1) is 35.0. The van der Waals surface area contributed by atoms with E-state index in [2.05, 4.69) is 86.4 Å². The van der Waals surface area contributed by atoms with Gasteiger partial charge >= 0.3 is 0 Å². The number of allylic oxidation sites excluding steroid dienone is 11. The Bertz CT molecular complexity index is 978. The molecule has 1 heterocycles. The van der Waals surface area contributed by atoms with Crippen LogP contribution < -0.4 is 5.32 Å². The third kappa shape index (κ3) is 16.4. The van der Waals surface area contributed by atoms with Crippen LogP contribution in [0.5, 0.6) is 0 Å². The van der Waals surface area contributed by atoms with Gasteiger partial charge in [-0.05, 0) is 67.6 Å². The molecule has 0 spiro atoms. The molecule has 2 heteroatoms. The molecule has 3 rings (SSSR count). The lowest BCUT2D eigenvalue weighted by atomic mass is 10.0. The maximum atomic E-state index is 3.80. The molecule has 1 aliphatic rings. The summed E-state index contributed by atoms with van der Waals surface area (Å²) < 4.78 is 0. The Hall–Kier alpha value is -3.20. The van der Waals surface area contributed by atoms with Gasteiger partial charge in [-0.15, -0.1) is 17.9 Å². The first-order valence-corrected chi connectivity index (χ1v) is 13.4. The Morgan fingerprint density at radius 2 is 1.64 bits per heavy atom. The van der Waals surface area contributed by atoms with E-state index in [9.17, 15) is 0 Å². The fourth-order valence-electron chi connectivity index (χ4n) is 2.58. The molecular weight excluding hydrogens is 454 g/mol. The maximum Gasteiger partial charge on any atom is 0.0270 e. The van der Waals surface area contributed by atoms with E-state index in [1.807, 2.05) is 83.5 Å². The first-order chi connectivity index (χ1) is 17.5. The number of hydrogen-bond donors (Lipinski definition) is 1. The quantitative estimate of drug-likeness (QED) is 0.306. The summed E-state index contributed by atoms with van der Waals surface area (Å²) in [6.45, 7) is 22.9. The van der Waals surface area contributed by atoms with Gasteiger partial charge in [-0.2, -0.15) is 0 Å². The lowest BCUT2D eigenvalue weighted by molar-refractivity contribution is 1.02. The van der Waals surface area contributed by atoms with Crippen molar-refractivity contribution in [3.63, 3.8) is 0 Å². The van der Waals surface area contributed by atoms with Crippen LogP contribution in [0.4, 0.5) is 0 Å². The van der Waals surface area contributed by atoms with Gasteiger partial charge in [0.25, 0.3) is 0 Å². The Kier molecular flexibility index (Phi) is 24.2. The number of benzene rings is 1. The highest BCUT2D eigenvalue weighted by molar-refractivity contribution is 7.11. The third-order valence-electron chi connectivity index (χ3n) is 4.26. The second kappa shape index (κ2) is 24.9. The van der Waals surface area contributed by atoms with Crippen LogP contribution in [0.3, 0.4) is 0 Å². The zero-order valence-electron chi connectivity index (χ0n) is 23.4. The molecule has 0 saturated heterocycles. The fraction of sp³-hybridized carbons (Fsp3) is 0.235. The monoisotopic (exact) mass is 501 g/mol. The highest BCUT2D eigenvalue weighted by Crippen LogP contribution is 2.28. The van der Waals surface area contributed by atoms with Gasteiger partial charge in [-0.25, -0.2) is 0 Å². The number of nitrogens with one attached hydrogen (secondary N) is 1. The van der Waals surface area contributed by atoms with Crippen molar-refractivity contribution in [1.82, 2.24) is 5.32 Å². The molecule has 1 aliphatic carbocycles. The molecular formula is C34H47NS. The predicted molar refractivity (Wildman–Crippen MR) is 172 cm³/mol. The smallest absolute Gasteiger partial charge is 0.0270 e. The van der Waals surface area contributed by atoms with Gasteiger partial charge in [0.15, 0.2) is 0 Å². The maximum absolute atomic E-state index is 3.80. The summed E-state index contributed by atoms with van der Waals surface area (Å²) in [4.78, 5) is 1.20. The minimum Gasteiger partial charge on any atom is -0.323 e. The van der Waals surface area contributed by atoms with E-state index in [4.69, 9.17) is 0 Å². The van der Waals surface area contributed by atoms with Gasteiger partial charge in [0.05, 0.1) is 0 Å². The molecule has 2 aromatic rings. The molecule has 194 valence electrons. The number of thiophene rings is 1. The van der Waals surface area contributed by atoms with Crippen LogP contribution >= 0.6 is 11.3 Å². The molecule has 36 heavy (non-hydrogen) atoms. The molecule has 1 aromatic heterocycles. The van der Waals surface area contributed by atoms with Crippen LogP contribution in [-0.2, 0) is 0 Å². The standard InChI is InChI=1S/C19H18S.C7H8.C4H8.C2H7N.C2H6/c1-4-7-15(8-5-2)16-9-11-17(12-10-16)18-13-19(6-3)20-14-18;1-7-5-3-2-4-6-7;1-3-4-2;1-3-2;1-2/h4-14H,1,3H2,2H3;2-5H,1,6H2;3H,1,4H2,2H3;3H,1-2H3;1-2H3/b8-5-,15-7+;;;;. The van der Waals surface area contributed by atoms with E-state index >= 15 is 0 Å². The Morgan fingerprint density at radius 1 is 1.03 bits per heavy atom. The van der Waals surface area contributed by atoms with Crippen molar-refractivity contribution in [1.29, 1.82) is 0 Å². The predicted octanol–water partition coefficient (Wildman–Crippen LogP) is 10.7. The van der Waals surface area contributed by atoms with E-state index in [0.717, 1.165) is 12.8 Å². The lowest BCUT2D eigenvalue weighted by Gasteiger charge is -2.04. The molecule has 0 amide bonds. The Labute approximate surface area is 226 Å². The van der Waals surface area contributed by atoms with Gasteiger partial charge in [0.1, 0.15) is 0 Å². The normalized spacial score (nSPS) is 11.4. The van der Waals surface area contributed by atoms with E-state index < -0.39 is 0 Å². The minimum absolute atomic E-state index is 1.02. The van der Waals surface area contributed by atoms with Crippen LogP contribution in [0.25, 0.3) is 22.8 Å². The summed E-state index contributed by atoms with van der Waals surface area (Å²) in [7, 11) is 3.75. The second-order valence-corrected chi connectivity index (χ2v) is 8.17. The van der Waals surface area contributed by atoms with Crippen molar-refractivity contribution in [2.45, 2.75) is 40.5 Å². The molecule has 0 saturated carbocycles. The van der Waals surface area contributed by atoms with Gasteiger partial charge in [-0.3, -0.25) is 0 Å². The highest BCUT2D eigenvalue weighted by atomic mass is 32.1. The van der Waals surface area contributed by atoms with Crippen LogP contribution in [-0.4, -0.2) is 14.1 Å². The van der Waals surface area contributed by atoms with Crippen molar-refractivity contribution in [3.8, 4) is 11.1 Å². The van der Waals surface area contributed by atoms with E-state index in [0.29, 0.717) is 0 Å². The minimum atomic E-state index is 1.02. The average Bonchev–Trinajstić information content (AvgIpc) is 3.41. The summed E-state index contributed by atoms with van der Waals surface area (Å²) in [6.07, 6.45) is 22.0. The topological polar surface area (TPSA) is 12.0 Å². The summed E-state index contributed by atoms with van der Waals surface area (Å²) >= 11 is 1.72. The molecule has 1 aromatic carbocycles. The zero-order chi connectivity index (χ0) is 27.6. The summed E-state index contributed by atoms with van der Waals surface area (Å²) in [5.41, 5.74) is 6.05. The average molecular weight is 502 g/mol. The van der Waals surface area contributed by atoms with Gasteiger partial charge < -0.3 is 5.32 Å².